The summed E-state index contributed by atoms with van der Waals surface area (Å²) in [6, 6.07) is 11.8. The lowest BCUT2D eigenvalue weighted by Gasteiger charge is -2.21. The van der Waals surface area contributed by atoms with Gasteiger partial charge < -0.3 is 15.0 Å². The molecule has 0 spiro atoms. The van der Waals surface area contributed by atoms with Gasteiger partial charge in [0.2, 0.25) is 0 Å². The first kappa shape index (κ1) is 19.2. The molecule has 0 aliphatic carbocycles. The number of nitrogens with zero attached hydrogens (tertiary/aromatic N) is 2. The largest absolute Gasteiger partial charge is 0.481 e. The normalized spacial score (nSPS) is 15.5. The lowest BCUT2D eigenvalue weighted by atomic mass is 9.87. The van der Waals surface area contributed by atoms with Crippen LogP contribution in [0, 0.1) is 0 Å². The van der Waals surface area contributed by atoms with E-state index in [0.717, 1.165) is 18.9 Å². The maximum absolute atomic E-state index is 12.5. The monoisotopic (exact) mass is 367 g/mol. The summed E-state index contributed by atoms with van der Waals surface area (Å²) in [4.78, 5) is 19.2. The minimum Gasteiger partial charge on any atom is -0.481 e. The van der Waals surface area contributed by atoms with Gasteiger partial charge in [0.05, 0.1) is 11.9 Å². The summed E-state index contributed by atoms with van der Waals surface area (Å²) in [5.74, 6) is 1.48. The summed E-state index contributed by atoms with van der Waals surface area (Å²) < 4.78 is 5.85. The van der Waals surface area contributed by atoms with Crippen molar-refractivity contribution in [2.45, 2.75) is 52.1 Å². The van der Waals surface area contributed by atoms with Crippen molar-refractivity contribution in [3.63, 3.8) is 0 Å². The molecule has 1 aromatic heterocycles. The van der Waals surface area contributed by atoms with E-state index in [2.05, 4.69) is 42.0 Å². The molecule has 1 amide bonds. The van der Waals surface area contributed by atoms with Crippen molar-refractivity contribution in [2.75, 3.05) is 23.3 Å². The maximum Gasteiger partial charge on any atom is 0.265 e. The van der Waals surface area contributed by atoms with Crippen LogP contribution in [0.25, 0.3) is 0 Å². The van der Waals surface area contributed by atoms with Gasteiger partial charge in [-0.25, -0.2) is 4.98 Å². The van der Waals surface area contributed by atoms with E-state index in [9.17, 15) is 4.79 Å². The Morgan fingerprint density at radius 3 is 2.56 bits per heavy atom. The van der Waals surface area contributed by atoms with Gasteiger partial charge >= 0.3 is 0 Å². The van der Waals surface area contributed by atoms with Gasteiger partial charge in [0.1, 0.15) is 11.6 Å². The first-order chi connectivity index (χ1) is 12.8. The Kier molecular flexibility index (Phi) is 5.68. The second-order valence-electron chi connectivity index (χ2n) is 8.13. The maximum atomic E-state index is 12.5. The zero-order valence-corrected chi connectivity index (χ0v) is 16.7. The highest BCUT2D eigenvalue weighted by atomic mass is 16.5. The average molecular weight is 367 g/mol. The summed E-state index contributed by atoms with van der Waals surface area (Å²) in [5.41, 5.74) is 1.89. The van der Waals surface area contributed by atoms with Crippen molar-refractivity contribution in [1.82, 2.24) is 4.98 Å². The van der Waals surface area contributed by atoms with E-state index in [4.69, 9.17) is 4.74 Å². The SMILES string of the molecule is CC(Oc1cccc(C(C)(C)C)c1)C(=O)Nc1ccc(N2CCCC2)nc1. The first-order valence-electron chi connectivity index (χ1n) is 9.62. The van der Waals surface area contributed by atoms with E-state index in [-0.39, 0.29) is 11.3 Å². The summed E-state index contributed by atoms with van der Waals surface area (Å²) in [6.45, 7) is 10.3. The van der Waals surface area contributed by atoms with Crippen molar-refractivity contribution >= 4 is 17.4 Å². The Morgan fingerprint density at radius 2 is 1.93 bits per heavy atom. The molecule has 2 heterocycles. The fourth-order valence-electron chi connectivity index (χ4n) is 3.13. The Labute approximate surface area is 161 Å². The molecule has 1 unspecified atom stereocenters. The molecule has 5 nitrogen and oxygen atoms in total. The predicted octanol–water partition coefficient (Wildman–Crippen LogP) is 4.39. The van der Waals surface area contributed by atoms with Gasteiger partial charge in [0, 0.05) is 13.1 Å². The number of pyridine rings is 1. The molecule has 1 atom stereocenters. The zero-order valence-electron chi connectivity index (χ0n) is 16.7. The number of rotatable bonds is 5. The number of ether oxygens (including phenoxy) is 1. The van der Waals surface area contributed by atoms with Gasteiger partial charge in [-0.1, -0.05) is 32.9 Å². The van der Waals surface area contributed by atoms with E-state index in [1.165, 1.54) is 18.4 Å². The standard InChI is InChI=1S/C22H29N3O2/c1-16(27-19-9-7-8-17(14-19)22(2,3)4)21(26)24-18-10-11-20(23-15-18)25-12-5-6-13-25/h7-11,14-16H,5-6,12-13H2,1-4H3,(H,24,26). The average Bonchev–Trinajstić information content (AvgIpc) is 3.16. The number of carbonyl (C=O) groups is 1. The van der Waals surface area contributed by atoms with Crippen LogP contribution in [0.1, 0.15) is 46.1 Å². The van der Waals surface area contributed by atoms with Crippen LogP contribution in [0.2, 0.25) is 0 Å². The molecule has 2 aromatic rings. The molecule has 1 N–H and O–H groups in total. The van der Waals surface area contributed by atoms with Gasteiger partial charge in [-0.2, -0.15) is 0 Å². The van der Waals surface area contributed by atoms with Gasteiger partial charge in [0.15, 0.2) is 6.10 Å². The second kappa shape index (κ2) is 7.99. The molecule has 0 saturated carbocycles. The molecule has 0 bridgehead atoms. The predicted molar refractivity (Wildman–Crippen MR) is 110 cm³/mol. The van der Waals surface area contributed by atoms with E-state index >= 15 is 0 Å². The van der Waals surface area contributed by atoms with Crippen LogP contribution in [0.4, 0.5) is 11.5 Å². The van der Waals surface area contributed by atoms with Crippen molar-refractivity contribution in [3.8, 4) is 5.75 Å². The fourth-order valence-corrected chi connectivity index (χ4v) is 3.13. The topological polar surface area (TPSA) is 54.5 Å². The number of hydrogen-bond donors (Lipinski definition) is 1. The van der Waals surface area contributed by atoms with E-state index in [1.54, 1.807) is 13.1 Å². The van der Waals surface area contributed by atoms with Gasteiger partial charge in [-0.3, -0.25) is 4.79 Å². The number of hydrogen-bond acceptors (Lipinski definition) is 4. The highest BCUT2D eigenvalue weighted by Gasteiger charge is 2.18. The molecule has 1 saturated heterocycles. The molecule has 0 radical (unpaired) electrons. The fraction of sp³-hybridized carbons (Fsp3) is 0.455. The van der Waals surface area contributed by atoms with E-state index in [0.29, 0.717) is 11.4 Å². The van der Waals surface area contributed by atoms with Crippen LogP contribution in [-0.2, 0) is 10.2 Å². The molecule has 1 aromatic carbocycles. The number of nitrogens with one attached hydrogen (secondary N) is 1. The third-order valence-corrected chi connectivity index (χ3v) is 4.83. The van der Waals surface area contributed by atoms with Crippen molar-refractivity contribution in [3.05, 3.63) is 48.2 Å². The Balaban J connectivity index is 1.59. The van der Waals surface area contributed by atoms with Crippen molar-refractivity contribution in [1.29, 1.82) is 0 Å². The molecular formula is C22H29N3O2. The number of amides is 1. The molecule has 1 aliphatic rings. The lowest BCUT2D eigenvalue weighted by molar-refractivity contribution is -0.122. The molecule has 3 rings (SSSR count). The van der Waals surface area contributed by atoms with Crippen molar-refractivity contribution < 1.29 is 9.53 Å². The Bertz CT molecular complexity index is 775. The summed E-state index contributed by atoms with van der Waals surface area (Å²) in [6.07, 6.45) is 3.54. The highest BCUT2D eigenvalue weighted by Crippen LogP contribution is 2.26. The molecule has 27 heavy (non-hydrogen) atoms. The Hall–Kier alpha value is -2.56. The van der Waals surface area contributed by atoms with E-state index < -0.39 is 6.10 Å². The van der Waals surface area contributed by atoms with Crippen LogP contribution in [0.15, 0.2) is 42.6 Å². The zero-order chi connectivity index (χ0) is 19.4. The van der Waals surface area contributed by atoms with Crippen LogP contribution >= 0.6 is 0 Å². The van der Waals surface area contributed by atoms with E-state index in [1.807, 2.05) is 30.3 Å². The molecule has 1 fully saturated rings. The number of benzene rings is 1. The second-order valence-corrected chi connectivity index (χ2v) is 8.13. The van der Waals surface area contributed by atoms with Crippen LogP contribution in [0.5, 0.6) is 5.75 Å². The summed E-state index contributed by atoms with van der Waals surface area (Å²) >= 11 is 0. The molecule has 1 aliphatic heterocycles. The van der Waals surface area contributed by atoms with Gasteiger partial charge in [0.25, 0.3) is 5.91 Å². The lowest BCUT2D eigenvalue weighted by Crippen LogP contribution is -2.30. The molecular weight excluding hydrogens is 338 g/mol. The van der Waals surface area contributed by atoms with Crippen LogP contribution in [0.3, 0.4) is 0 Å². The summed E-state index contributed by atoms with van der Waals surface area (Å²) in [7, 11) is 0. The number of carbonyl (C=O) groups excluding carboxylic acids is 1. The molecule has 144 valence electrons. The quantitative estimate of drug-likeness (QED) is 0.852. The highest BCUT2D eigenvalue weighted by molar-refractivity contribution is 5.94. The summed E-state index contributed by atoms with van der Waals surface area (Å²) in [5, 5.41) is 2.88. The minimum atomic E-state index is -0.599. The minimum absolute atomic E-state index is 0.0353. The third kappa shape index (κ3) is 5.00. The van der Waals surface area contributed by atoms with Gasteiger partial charge in [-0.15, -0.1) is 0 Å². The third-order valence-electron chi connectivity index (χ3n) is 4.83. The number of anilines is 2. The molecule has 5 heteroatoms. The smallest absolute Gasteiger partial charge is 0.265 e. The van der Waals surface area contributed by atoms with Crippen LogP contribution in [-0.4, -0.2) is 30.1 Å². The number of aromatic nitrogens is 1. The van der Waals surface area contributed by atoms with Gasteiger partial charge in [-0.05, 0) is 55.0 Å². The first-order valence-corrected chi connectivity index (χ1v) is 9.62. The van der Waals surface area contributed by atoms with Crippen LogP contribution < -0.4 is 15.0 Å². The van der Waals surface area contributed by atoms with Crippen molar-refractivity contribution in [2.24, 2.45) is 0 Å². The Morgan fingerprint density at radius 1 is 1.19 bits per heavy atom.